The van der Waals surface area contributed by atoms with Crippen LogP contribution in [0.5, 0.6) is 0 Å². The van der Waals surface area contributed by atoms with Gasteiger partial charge in [0, 0.05) is 22.9 Å². The third-order valence-corrected chi connectivity index (χ3v) is 5.21. The van der Waals surface area contributed by atoms with Crippen LogP contribution in [0.15, 0.2) is 48.5 Å². The van der Waals surface area contributed by atoms with Gasteiger partial charge in [0.1, 0.15) is 15.7 Å². The third-order valence-electron chi connectivity index (χ3n) is 4.01. The predicted octanol–water partition coefficient (Wildman–Crippen LogP) is 5.10. The molecule has 0 spiro atoms. The maximum absolute atomic E-state index is 13.1. The Morgan fingerprint density at radius 2 is 1.68 bits per heavy atom. The van der Waals surface area contributed by atoms with Crippen LogP contribution in [0.3, 0.4) is 0 Å². The Morgan fingerprint density at radius 3 is 2.32 bits per heavy atom. The summed E-state index contributed by atoms with van der Waals surface area (Å²) in [5, 5.41) is 6.30. The second-order valence-corrected chi connectivity index (χ2v) is 7.62. The van der Waals surface area contributed by atoms with E-state index in [1.807, 2.05) is 13.8 Å². The average molecular weight is 397 g/mol. The van der Waals surface area contributed by atoms with Gasteiger partial charge in [-0.3, -0.25) is 9.59 Å². The molecule has 1 aromatic heterocycles. The summed E-state index contributed by atoms with van der Waals surface area (Å²) in [6.45, 7) is 5.39. The van der Waals surface area contributed by atoms with Crippen molar-refractivity contribution in [3.8, 4) is 10.6 Å². The highest BCUT2D eigenvalue weighted by molar-refractivity contribution is 7.17. The zero-order valence-electron chi connectivity index (χ0n) is 15.7. The Balaban J connectivity index is 1.76. The molecule has 0 unspecified atom stereocenters. The standard InChI is InChI=1S/C21H20FN3O2S/c1-12(2)19(26)24-16-5-4-6-17(11-16)25-20(27)18-13(3)23-21(28-18)14-7-9-15(22)10-8-14/h4-12H,1-3H3,(H,24,26)(H,25,27). The van der Waals surface area contributed by atoms with Crippen LogP contribution in [-0.2, 0) is 4.79 Å². The van der Waals surface area contributed by atoms with Crippen LogP contribution in [0.2, 0.25) is 0 Å². The smallest absolute Gasteiger partial charge is 0.267 e. The van der Waals surface area contributed by atoms with Gasteiger partial charge in [-0.1, -0.05) is 19.9 Å². The highest BCUT2D eigenvalue weighted by Gasteiger charge is 2.17. The number of hydrogen-bond donors (Lipinski definition) is 2. The van der Waals surface area contributed by atoms with Crippen LogP contribution in [0, 0.1) is 18.7 Å². The van der Waals surface area contributed by atoms with E-state index in [4.69, 9.17) is 0 Å². The number of nitrogens with one attached hydrogen (secondary N) is 2. The highest BCUT2D eigenvalue weighted by atomic mass is 32.1. The van der Waals surface area contributed by atoms with Crippen molar-refractivity contribution in [1.29, 1.82) is 0 Å². The molecule has 3 aromatic rings. The molecule has 0 aliphatic rings. The van der Waals surface area contributed by atoms with E-state index in [0.29, 0.717) is 27.0 Å². The topological polar surface area (TPSA) is 71.1 Å². The van der Waals surface area contributed by atoms with E-state index in [0.717, 1.165) is 5.56 Å². The molecule has 0 saturated carbocycles. The highest BCUT2D eigenvalue weighted by Crippen LogP contribution is 2.29. The minimum Gasteiger partial charge on any atom is -0.326 e. The summed E-state index contributed by atoms with van der Waals surface area (Å²) in [5.41, 5.74) is 2.55. The lowest BCUT2D eigenvalue weighted by Gasteiger charge is -2.10. The summed E-state index contributed by atoms with van der Waals surface area (Å²) in [6, 6.07) is 13.0. The normalized spacial score (nSPS) is 10.8. The molecular weight excluding hydrogens is 377 g/mol. The van der Waals surface area contributed by atoms with E-state index in [-0.39, 0.29) is 23.5 Å². The Hall–Kier alpha value is -3.06. The Bertz CT molecular complexity index is 1010. The van der Waals surface area contributed by atoms with Crippen molar-refractivity contribution in [2.45, 2.75) is 20.8 Å². The Labute approximate surface area is 166 Å². The summed E-state index contributed by atoms with van der Waals surface area (Å²) in [6.07, 6.45) is 0. The molecule has 0 aliphatic carbocycles. The van der Waals surface area contributed by atoms with Crippen LogP contribution in [0.25, 0.3) is 10.6 Å². The fourth-order valence-electron chi connectivity index (χ4n) is 2.47. The molecule has 28 heavy (non-hydrogen) atoms. The number of rotatable bonds is 5. The van der Waals surface area contributed by atoms with E-state index < -0.39 is 0 Å². The van der Waals surface area contributed by atoms with Gasteiger partial charge in [-0.25, -0.2) is 9.37 Å². The van der Waals surface area contributed by atoms with Gasteiger partial charge in [-0.2, -0.15) is 0 Å². The monoisotopic (exact) mass is 397 g/mol. The lowest BCUT2D eigenvalue weighted by Crippen LogP contribution is -2.18. The first-order valence-corrected chi connectivity index (χ1v) is 9.61. The van der Waals surface area contributed by atoms with E-state index in [2.05, 4.69) is 15.6 Å². The first-order chi connectivity index (χ1) is 13.3. The maximum Gasteiger partial charge on any atom is 0.267 e. The molecule has 5 nitrogen and oxygen atoms in total. The zero-order chi connectivity index (χ0) is 20.3. The van der Waals surface area contributed by atoms with Crippen molar-refractivity contribution in [3.05, 3.63) is 64.9 Å². The molecule has 2 aromatic carbocycles. The van der Waals surface area contributed by atoms with Gasteiger partial charge in [0.15, 0.2) is 0 Å². The molecule has 1 heterocycles. The van der Waals surface area contributed by atoms with E-state index in [9.17, 15) is 14.0 Å². The number of thiazole rings is 1. The molecule has 2 amide bonds. The van der Waals surface area contributed by atoms with Crippen LogP contribution in [-0.4, -0.2) is 16.8 Å². The molecule has 0 fully saturated rings. The van der Waals surface area contributed by atoms with Gasteiger partial charge in [-0.15, -0.1) is 11.3 Å². The maximum atomic E-state index is 13.1. The number of carbonyl (C=O) groups is 2. The van der Waals surface area contributed by atoms with Crippen molar-refractivity contribution in [2.24, 2.45) is 5.92 Å². The molecule has 3 rings (SSSR count). The van der Waals surface area contributed by atoms with Gasteiger partial charge in [0.25, 0.3) is 5.91 Å². The fourth-order valence-corrected chi connectivity index (χ4v) is 3.44. The molecule has 2 N–H and O–H groups in total. The van der Waals surface area contributed by atoms with E-state index >= 15 is 0 Å². The fraction of sp³-hybridized carbons (Fsp3) is 0.190. The Morgan fingerprint density at radius 1 is 1.04 bits per heavy atom. The number of amides is 2. The summed E-state index contributed by atoms with van der Waals surface area (Å²) < 4.78 is 13.1. The van der Waals surface area contributed by atoms with E-state index in [1.54, 1.807) is 43.3 Å². The van der Waals surface area contributed by atoms with Crippen molar-refractivity contribution < 1.29 is 14.0 Å². The van der Waals surface area contributed by atoms with Gasteiger partial charge in [0.2, 0.25) is 5.91 Å². The van der Waals surface area contributed by atoms with Gasteiger partial charge in [0.05, 0.1) is 5.69 Å². The third kappa shape index (κ3) is 4.61. The van der Waals surface area contributed by atoms with Gasteiger partial charge >= 0.3 is 0 Å². The summed E-state index contributed by atoms with van der Waals surface area (Å²) in [4.78, 5) is 29.4. The van der Waals surface area contributed by atoms with Crippen molar-refractivity contribution in [2.75, 3.05) is 10.6 Å². The largest absolute Gasteiger partial charge is 0.326 e. The molecule has 144 valence electrons. The number of halogens is 1. The lowest BCUT2D eigenvalue weighted by atomic mass is 10.2. The number of aromatic nitrogens is 1. The quantitative estimate of drug-likeness (QED) is 0.629. The SMILES string of the molecule is Cc1nc(-c2ccc(F)cc2)sc1C(=O)Nc1cccc(NC(=O)C(C)C)c1. The second kappa shape index (κ2) is 8.31. The van der Waals surface area contributed by atoms with Crippen LogP contribution < -0.4 is 10.6 Å². The summed E-state index contributed by atoms with van der Waals surface area (Å²) in [5.74, 6) is -0.830. The van der Waals surface area contributed by atoms with Crippen molar-refractivity contribution in [3.63, 3.8) is 0 Å². The first-order valence-electron chi connectivity index (χ1n) is 8.79. The molecule has 0 saturated heterocycles. The first kappa shape index (κ1) is 19.7. The minimum atomic E-state index is -0.320. The van der Waals surface area contributed by atoms with Crippen LogP contribution in [0.4, 0.5) is 15.8 Å². The van der Waals surface area contributed by atoms with Crippen molar-refractivity contribution in [1.82, 2.24) is 4.98 Å². The van der Waals surface area contributed by atoms with Crippen LogP contribution >= 0.6 is 11.3 Å². The minimum absolute atomic E-state index is 0.0919. The van der Waals surface area contributed by atoms with Crippen molar-refractivity contribution >= 4 is 34.5 Å². The predicted molar refractivity (Wildman–Crippen MR) is 110 cm³/mol. The molecular formula is C21H20FN3O2S. The number of anilines is 2. The molecule has 0 atom stereocenters. The molecule has 0 bridgehead atoms. The average Bonchev–Trinajstić information content (AvgIpc) is 3.04. The second-order valence-electron chi connectivity index (χ2n) is 6.62. The van der Waals surface area contributed by atoms with Gasteiger partial charge in [-0.05, 0) is 49.4 Å². The van der Waals surface area contributed by atoms with E-state index in [1.165, 1.54) is 23.5 Å². The lowest BCUT2D eigenvalue weighted by molar-refractivity contribution is -0.118. The molecule has 0 aliphatic heterocycles. The summed E-state index contributed by atoms with van der Waals surface area (Å²) >= 11 is 1.25. The molecule has 0 radical (unpaired) electrons. The number of aryl methyl sites for hydroxylation is 1. The number of nitrogens with zero attached hydrogens (tertiary/aromatic N) is 1. The number of hydrogen-bond acceptors (Lipinski definition) is 4. The Kier molecular flexibility index (Phi) is 5.84. The van der Waals surface area contributed by atoms with Gasteiger partial charge < -0.3 is 10.6 Å². The summed E-state index contributed by atoms with van der Waals surface area (Å²) in [7, 11) is 0. The van der Waals surface area contributed by atoms with Crippen LogP contribution in [0.1, 0.15) is 29.2 Å². The zero-order valence-corrected chi connectivity index (χ0v) is 16.6. The number of benzene rings is 2. The molecule has 7 heteroatoms. The number of carbonyl (C=O) groups excluding carboxylic acids is 2.